The fourth-order valence-electron chi connectivity index (χ4n) is 1.41. The van der Waals surface area contributed by atoms with Gasteiger partial charge in [0.25, 0.3) is 15.6 Å². The zero-order chi connectivity index (χ0) is 14.6. The van der Waals surface area contributed by atoms with Crippen LogP contribution in [0.4, 0.5) is 0 Å². The van der Waals surface area contributed by atoms with Gasteiger partial charge in [0.1, 0.15) is 16.4 Å². The van der Waals surface area contributed by atoms with Crippen molar-refractivity contribution in [1.82, 2.24) is 0 Å². The molecule has 8 heteroatoms. The number of methoxy groups -OCH3 is 2. The number of sulfone groups is 1. The Morgan fingerprint density at radius 2 is 1.89 bits per heavy atom. The van der Waals surface area contributed by atoms with Crippen LogP contribution in [0.3, 0.4) is 0 Å². The molecule has 0 amide bonds. The van der Waals surface area contributed by atoms with Crippen LogP contribution in [0.15, 0.2) is 23.1 Å². The first-order valence-electron chi connectivity index (χ1n) is 5.08. The number of carbonyl (C=O) groups excluding carboxylic acids is 1. The Kier molecular flexibility index (Phi) is 4.42. The minimum atomic E-state index is -4.28. The van der Waals surface area contributed by atoms with Crippen molar-refractivity contribution in [2.24, 2.45) is 0 Å². The maximum absolute atomic E-state index is 12.2. The number of nitrogens with zero attached hydrogens (tertiary/aromatic N) is 2. The van der Waals surface area contributed by atoms with Gasteiger partial charge in [0.15, 0.2) is 0 Å². The summed E-state index contributed by atoms with van der Waals surface area (Å²) in [6.07, 6.45) is 0. The fraction of sp³-hybridized carbons (Fsp3) is 0.273. The molecule has 19 heavy (non-hydrogen) atoms. The first-order valence-corrected chi connectivity index (χ1v) is 6.57. The van der Waals surface area contributed by atoms with Crippen LogP contribution >= 0.6 is 0 Å². The lowest BCUT2D eigenvalue weighted by molar-refractivity contribution is -0.114. The predicted octanol–water partition coefficient (Wildman–Crippen LogP) is 0.695. The molecule has 0 spiro atoms. The van der Waals surface area contributed by atoms with Crippen LogP contribution in [-0.2, 0) is 14.6 Å². The molecular formula is C11H12N2O5S. The first-order chi connectivity index (χ1) is 8.88. The average Bonchev–Trinajstić information content (AvgIpc) is 2.37. The van der Waals surface area contributed by atoms with Crippen molar-refractivity contribution in [2.45, 2.75) is 11.8 Å². The van der Waals surface area contributed by atoms with Crippen molar-refractivity contribution in [3.8, 4) is 11.5 Å². The Hall–Kier alpha value is -2.18. The molecule has 7 nitrogen and oxygen atoms in total. The largest absolute Gasteiger partial charge is 0.497 e. The van der Waals surface area contributed by atoms with Gasteiger partial charge >= 0.3 is 5.04 Å². The molecule has 1 aromatic carbocycles. The van der Waals surface area contributed by atoms with E-state index in [0.717, 1.165) is 6.92 Å². The summed E-state index contributed by atoms with van der Waals surface area (Å²) in [7, 11) is -1.63. The quantitative estimate of drug-likeness (QED) is 0.350. The van der Waals surface area contributed by atoms with Gasteiger partial charge in [0, 0.05) is 13.0 Å². The molecule has 0 saturated heterocycles. The van der Waals surface area contributed by atoms with E-state index in [4.69, 9.17) is 15.0 Å². The molecule has 0 N–H and O–H groups in total. The van der Waals surface area contributed by atoms with Gasteiger partial charge in [0.2, 0.25) is 0 Å². The Balaban J connectivity index is 3.60. The third-order valence-electron chi connectivity index (χ3n) is 2.31. The highest BCUT2D eigenvalue weighted by molar-refractivity contribution is 8.08. The minimum absolute atomic E-state index is 0.0169. The number of hydrogen-bond donors (Lipinski definition) is 0. The van der Waals surface area contributed by atoms with E-state index in [1.165, 1.54) is 32.4 Å². The van der Waals surface area contributed by atoms with Crippen LogP contribution in [0.1, 0.15) is 6.92 Å². The second-order valence-corrected chi connectivity index (χ2v) is 5.31. The molecular weight excluding hydrogens is 272 g/mol. The Morgan fingerprint density at radius 3 is 2.32 bits per heavy atom. The van der Waals surface area contributed by atoms with Gasteiger partial charge in [-0.3, -0.25) is 4.79 Å². The highest BCUT2D eigenvalue weighted by Crippen LogP contribution is 2.29. The highest BCUT2D eigenvalue weighted by atomic mass is 32.2. The second kappa shape index (κ2) is 5.64. The zero-order valence-electron chi connectivity index (χ0n) is 10.6. The smallest absolute Gasteiger partial charge is 0.451 e. The molecule has 1 aromatic rings. The number of benzene rings is 1. The van der Waals surface area contributed by atoms with Gasteiger partial charge < -0.3 is 15.0 Å². The minimum Gasteiger partial charge on any atom is -0.497 e. The monoisotopic (exact) mass is 284 g/mol. The molecule has 0 atom stereocenters. The molecule has 0 fully saturated rings. The SMILES string of the molecule is COc1ccc(OC)c(S(=O)(=O)C(=[N+]=[N-])C(C)=O)c1. The van der Waals surface area contributed by atoms with Crippen molar-refractivity contribution >= 4 is 20.7 Å². The van der Waals surface area contributed by atoms with Crippen LogP contribution in [0.5, 0.6) is 11.5 Å². The Labute approximate surface area is 110 Å². The zero-order valence-corrected chi connectivity index (χ0v) is 11.4. The molecule has 0 saturated carbocycles. The molecule has 0 aliphatic rings. The number of ether oxygens (including phenoxy) is 2. The molecule has 0 radical (unpaired) electrons. The predicted molar refractivity (Wildman–Crippen MR) is 66.0 cm³/mol. The van der Waals surface area contributed by atoms with Crippen LogP contribution in [0, 0.1) is 0 Å². The van der Waals surface area contributed by atoms with E-state index in [9.17, 15) is 13.2 Å². The standard InChI is InChI=1S/C11H12N2O5S/c1-7(14)11(13-12)19(15,16)10-6-8(17-2)4-5-9(10)18-3/h4-6H,1-3H3. The van der Waals surface area contributed by atoms with Crippen LogP contribution in [0.2, 0.25) is 0 Å². The summed E-state index contributed by atoms with van der Waals surface area (Å²) in [5.74, 6) is -0.601. The number of rotatable bonds is 4. The van der Waals surface area contributed by atoms with Crippen molar-refractivity contribution < 1.29 is 27.5 Å². The number of ketones is 1. The summed E-state index contributed by atoms with van der Waals surface area (Å²) < 4.78 is 34.3. The lowest BCUT2D eigenvalue weighted by atomic mass is 10.3. The van der Waals surface area contributed by atoms with E-state index >= 15 is 0 Å². The van der Waals surface area contributed by atoms with Gasteiger partial charge in [-0.15, -0.1) is 4.79 Å². The topological polar surface area (TPSA) is 106 Å². The molecule has 0 bridgehead atoms. The third-order valence-corrected chi connectivity index (χ3v) is 4.08. The number of hydrogen-bond acceptors (Lipinski definition) is 5. The maximum Gasteiger partial charge on any atom is 0.451 e. The molecule has 0 aromatic heterocycles. The van der Waals surface area contributed by atoms with Crippen LogP contribution in [0.25, 0.3) is 5.53 Å². The van der Waals surface area contributed by atoms with E-state index in [-0.39, 0.29) is 16.4 Å². The number of carbonyl (C=O) groups is 1. The van der Waals surface area contributed by atoms with Crippen molar-refractivity contribution in [1.29, 1.82) is 0 Å². The summed E-state index contributed by atoms with van der Waals surface area (Å²) in [5, 5.41) is -0.959. The maximum atomic E-state index is 12.2. The number of Topliss-reactive ketones (excluding diaryl/α,β-unsaturated/α-hetero) is 1. The summed E-state index contributed by atoms with van der Waals surface area (Å²) in [4.78, 5) is 13.4. The summed E-state index contributed by atoms with van der Waals surface area (Å²) >= 11 is 0. The molecule has 0 heterocycles. The van der Waals surface area contributed by atoms with E-state index in [1.807, 2.05) is 0 Å². The summed E-state index contributed by atoms with van der Waals surface area (Å²) in [6.45, 7) is 0.985. The van der Waals surface area contributed by atoms with Crippen LogP contribution in [-0.4, -0.2) is 38.3 Å². The van der Waals surface area contributed by atoms with Gasteiger partial charge in [-0.1, -0.05) is 0 Å². The van der Waals surface area contributed by atoms with E-state index < -0.39 is 20.7 Å². The first kappa shape index (κ1) is 14.9. The van der Waals surface area contributed by atoms with E-state index in [2.05, 4.69) is 4.79 Å². The Morgan fingerprint density at radius 1 is 1.26 bits per heavy atom. The molecule has 0 unspecified atom stereocenters. The fourth-order valence-corrected chi connectivity index (χ4v) is 2.79. The highest BCUT2D eigenvalue weighted by Gasteiger charge is 2.37. The second-order valence-electron chi connectivity index (χ2n) is 3.48. The van der Waals surface area contributed by atoms with Gasteiger partial charge in [-0.2, -0.15) is 0 Å². The van der Waals surface area contributed by atoms with E-state index in [1.54, 1.807) is 0 Å². The van der Waals surface area contributed by atoms with E-state index in [0.29, 0.717) is 0 Å². The summed E-state index contributed by atoms with van der Waals surface area (Å²) in [6, 6.07) is 4.06. The van der Waals surface area contributed by atoms with Crippen LogP contribution < -0.4 is 9.47 Å². The normalized spacial score (nSPS) is 10.5. The van der Waals surface area contributed by atoms with Gasteiger partial charge in [-0.05, 0) is 12.1 Å². The molecule has 0 aliphatic heterocycles. The van der Waals surface area contributed by atoms with Crippen molar-refractivity contribution in [2.75, 3.05) is 14.2 Å². The molecule has 0 aliphatic carbocycles. The van der Waals surface area contributed by atoms with Gasteiger partial charge in [0.05, 0.1) is 14.2 Å². The Bertz CT molecular complexity index is 660. The lowest BCUT2D eigenvalue weighted by Crippen LogP contribution is -2.24. The summed E-state index contributed by atoms with van der Waals surface area (Å²) in [5.41, 5.74) is 8.70. The van der Waals surface area contributed by atoms with Gasteiger partial charge in [-0.25, -0.2) is 8.42 Å². The van der Waals surface area contributed by atoms with Crippen molar-refractivity contribution in [3.05, 3.63) is 23.7 Å². The molecule has 1 rings (SSSR count). The lowest BCUT2D eigenvalue weighted by Gasteiger charge is -2.08. The third kappa shape index (κ3) is 2.81. The molecule has 102 valence electrons. The van der Waals surface area contributed by atoms with Crippen molar-refractivity contribution in [3.63, 3.8) is 0 Å². The average molecular weight is 284 g/mol.